The molecule has 0 aromatic carbocycles. The van der Waals surface area contributed by atoms with Gasteiger partial charge in [0.2, 0.25) is 0 Å². The average molecular weight is 312 g/mol. The molecular weight excluding hydrogens is 294 g/mol. The highest BCUT2D eigenvalue weighted by Crippen LogP contribution is 2.26. The lowest BCUT2D eigenvalue weighted by molar-refractivity contribution is -0.138. The van der Waals surface area contributed by atoms with E-state index in [-0.39, 0.29) is 35.0 Å². The monoisotopic (exact) mass is 311 g/mol. The van der Waals surface area contributed by atoms with Gasteiger partial charge in [-0.05, 0) is 24.7 Å². The molecule has 0 radical (unpaired) electrons. The third-order valence-corrected chi connectivity index (χ3v) is 4.08. The van der Waals surface area contributed by atoms with Crippen LogP contribution in [0.15, 0.2) is 12.4 Å². The Morgan fingerprint density at radius 3 is 2.86 bits per heavy atom. The van der Waals surface area contributed by atoms with Crippen LogP contribution in [0.1, 0.15) is 36.7 Å². The second kappa shape index (κ2) is 6.85. The third-order valence-electron chi connectivity index (χ3n) is 3.89. The first-order valence-corrected chi connectivity index (χ1v) is 7.33. The molecular formula is C14H18ClN3O3. The van der Waals surface area contributed by atoms with Gasteiger partial charge in [-0.1, -0.05) is 18.5 Å². The van der Waals surface area contributed by atoms with Crippen LogP contribution in [0.4, 0.5) is 0 Å². The van der Waals surface area contributed by atoms with E-state index in [1.165, 1.54) is 12.4 Å². The first-order valence-electron chi connectivity index (χ1n) is 6.96. The molecule has 1 N–H and O–H groups in total. The molecule has 1 fully saturated rings. The Morgan fingerprint density at radius 2 is 2.24 bits per heavy atom. The fraction of sp³-hybridized carbons (Fsp3) is 0.571. The van der Waals surface area contributed by atoms with E-state index in [1.54, 1.807) is 4.90 Å². The first-order chi connectivity index (χ1) is 9.97. The molecule has 21 heavy (non-hydrogen) atoms. The molecule has 2 unspecified atom stereocenters. The van der Waals surface area contributed by atoms with Gasteiger partial charge in [0.25, 0.3) is 5.91 Å². The number of aliphatic carboxylic acids is 1. The molecule has 0 bridgehead atoms. The van der Waals surface area contributed by atoms with Gasteiger partial charge in [-0.15, -0.1) is 0 Å². The molecule has 2 heterocycles. The van der Waals surface area contributed by atoms with Crippen molar-refractivity contribution >= 4 is 23.5 Å². The summed E-state index contributed by atoms with van der Waals surface area (Å²) in [5, 5.41) is 9.13. The Hall–Kier alpha value is -1.69. The number of hydrogen-bond acceptors (Lipinski definition) is 4. The number of nitrogens with zero attached hydrogens (tertiary/aromatic N) is 3. The molecule has 1 aromatic rings. The van der Waals surface area contributed by atoms with Gasteiger partial charge in [0.15, 0.2) is 0 Å². The number of carboxylic acids is 1. The van der Waals surface area contributed by atoms with E-state index in [4.69, 9.17) is 16.7 Å². The Morgan fingerprint density at radius 1 is 1.48 bits per heavy atom. The summed E-state index contributed by atoms with van der Waals surface area (Å²) in [6, 6.07) is 0. The molecule has 1 saturated heterocycles. The number of halogens is 1. The van der Waals surface area contributed by atoms with Crippen LogP contribution in [0.5, 0.6) is 0 Å². The van der Waals surface area contributed by atoms with E-state index in [2.05, 4.69) is 9.97 Å². The highest BCUT2D eigenvalue weighted by molar-refractivity contribution is 6.29. The van der Waals surface area contributed by atoms with Crippen LogP contribution in [0.25, 0.3) is 0 Å². The van der Waals surface area contributed by atoms with Crippen LogP contribution in [0.3, 0.4) is 0 Å². The Bertz CT molecular complexity index is 521. The van der Waals surface area contributed by atoms with E-state index >= 15 is 0 Å². The number of amides is 1. The molecule has 2 atom stereocenters. The summed E-state index contributed by atoms with van der Waals surface area (Å²) in [6.45, 7) is 3.16. The van der Waals surface area contributed by atoms with Gasteiger partial charge in [-0.25, -0.2) is 9.97 Å². The molecule has 1 aliphatic rings. The Labute approximate surface area is 128 Å². The SMILES string of the molecule is CC(CC(=O)O)C1CCCN(C(=O)c2cnc(Cl)cn2)C1. The largest absolute Gasteiger partial charge is 0.481 e. The van der Waals surface area contributed by atoms with E-state index in [0.717, 1.165) is 12.8 Å². The highest BCUT2D eigenvalue weighted by atomic mass is 35.5. The summed E-state index contributed by atoms with van der Waals surface area (Å²) >= 11 is 5.66. The van der Waals surface area contributed by atoms with Crippen molar-refractivity contribution in [1.29, 1.82) is 0 Å². The Kier molecular flexibility index (Phi) is 5.12. The highest BCUT2D eigenvalue weighted by Gasteiger charge is 2.29. The second-order valence-corrected chi connectivity index (χ2v) is 5.84. The maximum absolute atomic E-state index is 12.4. The van der Waals surface area contributed by atoms with Crippen molar-refractivity contribution in [2.75, 3.05) is 13.1 Å². The number of carbonyl (C=O) groups is 2. The minimum absolute atomic E-state index is 0.0504. The molecule has 114 valence electrons. The minimum atomic E-state index is -0.797. The van der Waals surface area contributed by atoms with Crippen molar-refractivity contribution in [2.24, 2.45) is 11.8 Å². The van der Waals surface area contributed by atoms with Crippen LogP contribution >= 0.6 is 11.6 Å². The van der Waals surface area contributed by atoms with Crippen molar-refractivity contribution < 1.29 is 14.7 Å². The summed E-state index contributed by atoms with van der Waals surface area (Å²) in [5.74, 6) is -0.714. The van der Waals surface area contributed by atoms with E-state index in [1.807, 2.05) is 6.92 Å². The smallest absolute Gasteiger partial charge is 0.303 e. The van der Waals surface area contributed by atoms with Crippen molar-refractivity contribution in [3.63, 3.8) is 0 Å². The summed E-state index contributed by atoms with van der Waals surface area (Å²) in [5.41, 5.74) is 0.269. The zero-order chi connectivity index (χ0) is 15.4. The average Bonchev–Trinajstić information content (AvgIpc) is 2.47. The lowest BCUT2D eigenvalue weighted by Crippen LogP contribution is -2.42. The molecule has 7 heteroatoms. The minimum Gasteiger partial charge on any atom is -0.481 e. The second-order valence-electron chi connectivity index (χ2n) is 5.45. The maximum atomic E-state index is 12.4. The molecule has 2 rings (SSSR count). The molecule has 1 amide bonds. The number of aromatic nitrogens is 2. The molecule has 6 nitrogen and oxygen atoms in total. The Balaban J connectivity index is 2.01. The van der Waals surface area contributed by atoms with Gasteiger partial charge in [0, 0.05) is 19.5 Å². The van der Waals surface area contributed by atoms with E-state index < -0.39 is 5.97 Å². The van der Waals surface area contributed by atoms with Gasteiger partial charge < -0.3 is 10.0 Å². The predicted molar refractivity (Wildman–Crippen MR) is 77.1 cm³/mol. The number of carboxylic acid groups (broad SMARTS) is 1. The molecule has 0 saturated carbocycles. The zero-order valence-corrected chi connectivity index (χ0v) is 12.6. The number of piperidine rings is 1. The van der Waals surface area contributed by atoms with E-state index in [0.29, 0.717) is 13.1 Å². The third kappa shape index (κ3) is 4.14. The lowest BCUT2D eigenvalue weighted by Gasteiger charge is -2.35. The first kappa shape index (κ1) is 15.7. The normalized spacial score (nSPS) is 20.1. The van der Waals surface area contributed by atoms with Crippen molar-refractivity contribution in [2.45, 2.75) is 26.2 Å². The number of carbonyl (C=O) groups excluding carboxylic acids is 1. The van der Waals surface area contributed by atoms with Gasteiger partial charge >= 0.3 is 5.97 Å². The standard InChI is InChI=1S/C14H18ClN3O3/c1-9(5-13(19)20)10-3-2-4-18(8-10)14(21)11-6-17-12(15)7-16-11/h6-7,9-10H,2-5,8H2,1H3,(H,19,20). The number of likely N-dealkylation sites (tertiary alicyclic amines) is 1. The van der Waals surface area contributed by atoms with Crippen LogP contribution in [0.2, 0.25) is 5.15 Å². The quantitative estimate of drug-likeness (QED) is 0.920. The van der Waals surface area contributed by atoms with Gasteiger partial charge in [-0.3, -0.25) is 9.59 Å². The van der Waals surface area contributed by atoms with Crippen molar-refractivity contribution in [3.05, 3.63) is 23.2 Å². The van der Waals surface area contributed by atoms with Gasteiger partial charge in [-0.2, -0.15) is 0 Å². The fourth-order valence-corrected chi connectivity index (χ4v) is 2.78. The van der Waals surface area contributed by atoms with Crippen LogP contribution in [-0.2, 0) is 4.79 Å². The van der Waals surface area contributed by atoms with E-state index in [9.17, 15) is 9.59 Å². The summed E-state index contributed by atoms with van der Waals surface area (Å²) in [6.07, 6.45) is 4.68. The maximum Gasteiger partial charge on any atom is 0.303 e. The summed E-state index contributed by atoms with van der Waals surface area (Å²) in [7, 11) is 0. The fourth-order valence-electron chi connectivity index (χ4n) is 2.69. The molecule has 0 aliphatic carbocycles. The van der Waals surface area contributed by atoms with Gasteiger partial charge in [0.05, 0.1) is 12.4 Å². The number of hydrogen-bond donors (Lipinski definition) is 1. The zero-order valence-electron chi connectivity index (χ0n) is 11.8. The molecule has 1 aromatic heterocycles. The summed E-state index contributed by atoms with van der Waals surface area (Å²) in [4.78, 5) is 32.8. The molecule has 0 spiro atoms. The van der Waals surface area contributed by atoms with Gasteiger partial charge in [0.1, 0.15) is 10.8 Å². The summed E-state index contributed by atoms with van der Waals surface area (Å²) < 4.78 is 0. The van der Waals surface area contributed by atoms with Crippen molar-refractivity contribution in [1.82, 2.24) is 14.9 Å². The lowest BCUT2D eigenvalue weighted by atomic mass is 9.84. The van der Waals surface area contributed by atoms with Crippen LogP contribution < -0.4 is 0 Å². The van der Waals surface area contributed by atoms with Crippen LogP contribution in [-0.4, -0.2) is 44.9 Å². The topological polar surface area (TPSA) is 83.4 Å². The predicted octanol–water partition coefficient (Wildman–Crippen LogP) is 2.09. The molecule has 1 aliphatic heterocycles. The van der Waals surface area contributed by atoms with Crippen LogP contribution in [0, 0.1) is 11.8 Å². The number of rotatable bonds is 4. The van der Waals surface area contributed by atoms with Crippen molar-refractivity contribution in [3.8, 4) is 0 Å².